The third kappa shape index (κ3) is 3.16. The van der Waals surface area contributed by atoms with Gasteiger partial charge in [-0.25, -0.2) is 0 Å². The van der Waals surface area contributed by atoms with Crippen molar-refractivity contribution in [3.8, 4) is 0 Å². The maximum atomic E-state index is 11.6. The summed E-state index contributed by atoms with van der Waals surface area (Å²) in [5.41, 5.74) is 2.34. The molecular weight excluding hydrogens is 348 g/mol. The van der Waals surface area contributed by atoms with Gasteiger partial charge in [-0.3, -0.25) is 4.79 Å². The molecule has 0 spiro atoms. The summed E-state index contributed by atoms with van der Waals surface area (Å²) in [5, 5.41) is 10.2. The second kappa shape index (κ2) is 7.45. The van der Waals surface area contributed by atoms with Crippen molar-refractivity contribution in [1.82, 2.24) is 0 Å². The van der Waals surface area contributed by atoms with E-state index in [9.17, 15) is 9.90 Å². The highest BCUT2D eigenvalue weighted by Gasteiger charge is 2.59. The molecule has 3 heteroatoms. The molecule has 3 saturated carbocycles. The van der Waals surface area contributed by atoms with Gasteiger partial charge in [0.25, 0.3) is 0 Å². The van der Waals surface area contributed by atoms with Crippen molar-refractivity contribution >= 4 is 5.97 Å². The summed E-state index contributed by atoms with van der Waals surface area (Å²) in [6.07, 6.45) is 13.6. The number of carbonyl (C=O) groups is 1. The number of allylic oxidation sites excluding steroid dienone is 1. The van der Waals surface area contributed by atoms with E-state index in [0.29, 0.717) is 23.2 Å². The van der Waals surface area contributed by atoms with Gasteiger partial charge in [-0.15, -0.1) is 0 Å². The number of methoxy groups -OCH3 is 1. The zero-order chi connectivity index (χ0) is 20.1. The molecule has 28 heavy (non-hydrogen) atoms. The second-order valence-electron chi connectivity index (χ2n) is 11.0. The van der Waals surface area contributed by atoms with Crippen LogP contribution in [0.3, 0.4) is 0 Å². The van der Waals surface area contributed by atoms with Crippen molar-refractivity contribution in [3.63, 3.8) is 0 Å². The lowest BCUT2D eigenvalue weighted by Gasteiger charge is -2.58. The summed E-state index contributed by atoms with van der Waals surface area (Å²) in [4.78, 5) is 11.6. The van der Waals surface area contributed by atoms with Crippen LogP contribution in [-0.2, 0) is 9.53 Å². The van der Waals surface area contributed by atoms with E-state index < -0.39 is 0 Å². The van der Waals surface area contributed by atoms with Crippen LogP contribution < -0.4 is 0 Å². The Hall–Kier alpha value is -0.830. The van der Waals surface area contributed by atoms with Gasteiger partial charge in [0.15, 0.2) is 0 Å². The Bertz CT molecular complexity index is 640. The molecule has 0 heterocycles. The molecule has 0 amide bonds. The van der Waals surface area contributed by atoms with Crippen molar-refractivity contribution in [2.24, 2.45) is 40.4 Å². The van der Waals surface area contributed by atoms with Gasteiger partial charge in [0.1, 0.15) is 0 Å². The van der Waals surface area contributed by atoms with Crippen molar-refractivity contribution in [3.05, 3.63) is 11.6 Å². The summed E-state index contributed by atoms with van der Waals surface area (Å²) < 4.78 is 4.87. The first-order valence-electron chi connectivity index (χ1n) is 11.7. The average Bonchev–Trinajstić information content (AvgIpc) is 3.03. The van der Waals surface area contributed by atoms with E-state index in [0.717, 1.165) is 42.9 Å². The van der Waals surface area contributed by atoms with Crippen molar-refractivity contribution in [2.75, 3.05) is 7.11 Å². The third-order valence-electron chi connectivity index (χ3n) is 9.87. The highest BCUT2D eigenvalue weighted by molar-refractivity contribution is 5.69. The quantitative estimate of drug-likeness (QED) is 0.510. The Labute approximate surface area is 171 Å². The lowest BCUT2D eigenvalue weighted by molar-refractivity contribution is -0.141. The van der Waals surface area contributed by atoms with Crippen LogP contribution in [0.4, 0.5) is 0 Å². The number of esters is 1. The fourth-order valence-corrected chi connectivity index (χ4v) is 8.27. The van der Waals surface area contributed by atoms with E-state index in [1.165, 1.54) is 45.6 Å². The molecule has 4 aliphatic rings. The Morgan fingerprint density at radius 1 is 1.21 bits per heavy atom. The Kier molecular flexibility index (Phi) is 5.44. The van der Waals surface area contributed by atoms with E-state index in [2.05, 4.69) is 26.8 Å². The molecular formula is C25H40O3. The average molecular weight is 389 g/mol. The topological polar surface area (TPSA) is 46.5 Å². The molecule has 0 saturated heterocycles. The van der Waals surface area contributed by atoms with Crippen LogP contribution >= 0.6 is 0 Å². The largest absolute Gasteiger partial charge is 0.469 e. The molecule has 4 rings (SSSR count). The third-order valence-corrected chi connectivity index (χ3v) is 9.87. The summed E-state index contributed by atoms with van der Waals surface area (Å²) in [6.45, 7) is 7.46. The lowest BCUT2D eigenvalue weighted by atomic mass is 9.47. The van der Waals surface area contributed by atoms with Gasteiger partial charge in [0.05, 0.1) is 13.2 Å². The first-order chi connectivity index (χ1) is 13.3. The van der Waals surface area contributed by atoms with Crippen LogP contribution in [0, 0.1) is 40.4 Å². The molecule has 0 aromatic carbocycles. The van der Waals surface area contributed by atoms with Crippen molar-refractivity contribution < 1.29 is 14.6 Å². The lowest BCUT2D eigenvalue weighted by Crippen LogP contribution is -2.50. The van der Waals surface area contributed by atoms with E-state index in [-0.39, 0.29) is 12.1 Å². The predicted octanol–water partition coefficient (Wildman–Crippen LogP) is 5.52. The molecule has 0 bridgehead atoms. The second-order valence-corrected chi connectivity index (χ2v) is 11.0. The number of rotatable bonds is 4. The van der Waals surface area contributed by atoms with Crippen LogP contribution in [-0.4, -0.2) is 24.3 Å². The zero-order valence-corrected chi connectivity index (χ0v) is 18.4. The number of aliphatic hydroxyl groups is 1. The number of hydrogen-bond donors (Lipinski definition) is 1. The number of ether oxygens (including phenoxy) is 1. The molecule has 0 aliphatic heterocycles. The first-order valence-corrected chi connectivity index (χ1v) is 11.7. The van der Waals surface area contributed by atoms with Crippen LogP contribution in [0.1, 0.15) is 85.0 Å². The molecule has 4 aliphatic carbocycles. The molecule has 0 unspecified atom stereocenters. The SMILES string of the molecule is COC(=O)CC[C@@H](C)[C@H]1CC[C@H]2[C@@H]3CC=C4C[C@H](O)CC[C@]4(C)[C@H]3CC[C@]12C. The molecule has 1 N–H and O–H groups in total. The monoisotopic (exact) mass is 388 g/mol. The van der Waals surface area contributed by atoms with Crippen LogP contribution in [0.2, 0.25) is 0 Å². The van der Waals surface area contributed by atoms with Crippen molar-refractivity contribution in [1.29, 1.82) is 0 Å². The van der Waals surface area contributed by atoms with E-state index in [1.807, 2.05) is 0 Å². The van der Waals surface area contributed by atoms with Gasteiger partial charge >= 0.3 is 5.97 Å². The minimum Gasteiger partial charge on any atom is -0.469 e. The van der Waals surface area contributed by atoms with Gasteiger partial charge in [0.2, 0.25) is 0 Å². The van der Waals surface area contributed by atoms with E-state index >= 15 is 0 Å². The Morgan fingerprint density at radius 2 is 2.00 bits per heavy atom. The fourth-order valence-electron chi connectivity index (χ4n) is 8.27. The number of hydrogen-bond acceptors (Lipinski definition) is 3. The van der Waals surface area contributed by atoms with E-state index in [4.69, 9.17) is 4.74 Å². The fraction of sp³-hybridized carbons (Fsp3) is 0.880. The minimum atomic E-state index is -0.115. The predicted molar refractivity (Wildman–Crippen MR) is 112 cm³/mol. The van der Waals surface area contributed by atoms with Gasteiger partial charge < -0.3 is 9.84 Å². The summed E-state index contributed by atoms with van der Waals surface area (Å²) >= 11 is 0. The standard InChI is InChI=1S/C25H40O3/c1-16(5-10-23(27)28-4)20-8-9-21-19-7-6-17-15-18(26)11-13-24(17,2)22(19)12-14-25(20,21)3/h6,16,18-22,26H,5,7-15H2,1-4H3/t16-,18-,19+,20-,21+,22+,24+,25-/m1/s1. The summed E-state index contributed by atoms with van der Waals surface area (Å²) in [5.74, 6) is 3.74. The number of aliphatic hydroxyl groups excluding tert-OH is 1. The van der Waals surface area contributed by atoms with Gasteiger partial charge in [-0.2, -0.15) is 0 Å². The maximum Gasteiger partial charge on any atom is 0.305 e. The molecule has 0 aromatic rings. The number of fused-ring (bicyclic) bond motifs is 5. The first kappa shape index (κ1) is 20.4. The maximum absolute atomic E-state index is 11.6. The highest BCUT2D eigenvalue weighted by atomic mass is 16.5. The molecule has 3 nitrogen and oxygen atoms in total. The van der Waals surface area contributed by atoms with Gasteiger partial charge in [-0.1, -0.05) is 32.4 Å². The normalized spacial score (nSPS) is 46.0. The van der Waals surface area contributed by atoms with Crippen LogP contribution in [0.15, 0.2) is 11.6 Å². The number of carbonyl (C=O) groups excluding carboxylic acids is 1. The van der Waals surface area contributed by atoms with Crippen LogP contribution in [0.5, 0.6) is 0 Å². The summed E-state index contributed by atoms with van der Waals surface area (Å²) in [6, 6.07) is 0. The highest BCUT2D eigenvalue weighted by Crippen LogP contribution is 2.67. The smallest absolute Gasteiger partial charge is 0.305 e. The molecule has 3 fully saturated rings. The molecule has 8 atom stereocenters. The molecule has 0 radical (unpaired) electrons. The zero-order valence-electron chi connectivity index (χ0n) is 18.4. The summed E-state index contributed by atoms with van der Waals surface area (Å²) in [7, 11) is 1.50. The molecule has 158 valence electrons. The minimum absolute atomic E-state index is 0.0624. The van der Waals surface area contributed by atoms with Gasteiger partial charge in [-0.05, 0) is 98.2 Å². The van der Waals surface area contributed by atoms with Crippen molar-refractivity contribution in [2.45, 2.75) is 91.1 Å². The molecule has 0 aromatic heterocycles. The Morgan fingerprint density at radius 3 is 2.75 bits per heavy atom. The van der Waals surface area contributed by atoms with E-state index in [1.54, 1.807) is 5.57 Å². The van der Waals surface area contributed by atoms with Gasteiger partial charge in [0, 0.05) is 6.42 Å². The van der Waals surface area contributed by atoms with Crippen LogP contribution in [0.25, 0.3) is 0 Å². The Balaban J connectivity index is 1.51.